The van der Waals surface area contributed by atoms with E-state index in [9.17, 15) is 0 Å². The lowest BCUT2D eigenvalue weighted by Crippen LogP contribution is -2.15. The molecule has 3 nitrogen and oxygen atoms in total. The predicted molar refractivity (Wildman–Crippen MR) is 51.8 cm³/mol. The summed E-state index contributed by atoms with van der Waals surface area (Å²) >= 11 is 3.34. The van der Waals surface area contributed by atoms with Crippen LogP contribution in [0.2, 0.25) is 0 Å². The summed E-state index contributed by atoms with van der Waals surface area (Å²) in [6.45, 7) is 1.48. The number of rotatable bonds is 2. The minimum Gasteiger partial charge on any atom is -0.486 e. The second-order valence-corrected chi connectivity index (χ2v) is 3.86. The van der Waals surface area contributed by atoms with Crippen LogP contribution >= 0.6 is 15.9 Å². The number of hydrogen-bond acceptors (Lipinski definition) is 3. The molecule has 1 atom stereocenters. The molecular weight excluding hydrogens is 234 g/mol. The summed E-state index contributed by atoms with van der Waals surface area (Å²) in [7, 11) is 0. The molecule has 13 heavy (non-hydrogen) atoms. The summed E-state index contributed by atoms with van der Waals surface area (Å²) in [5.41, 5.74) is 0. The molecule has 2 heterocycles. The van der Waals surface area contributed by atoms with Crippen molar-refractivity contribution in [2.24, 2.45) is 0 Å². The van der Waals surface area contributed by atoms with E-state index in [0.29, 0.717) is 6.61 Å². The Morgan fingerprint density at radius 2 is 2.46 bits per heavy atom. The first kappa shape index (κ1) is 8.97. The minimum absolute atomic E-state index is 0.191. The maximum Gasteiger partial charge on any atom is 0.139 e. The Kier molecular flexibility index (Phi) is 2.80. The zero-order valence-corrected chi connectivity index (χ0v) is 8.66. The van der Waals surface area contributed by atoms with Crippen LogP contribution in [0.3, 0.4) is 0 Å². The van der Waals surface area contributed by atoms with Crippen LogP contribution in [0.15, 0.2) is 22.9 Å². The average molecular weight is 244 g/mol. The molecule has 0 aromatic carbocycles. The molecule has 0 amide bonds. The van der Waals surface area contributed by atoms with Crippen LogP contribution in [0.4, 0.5) is 0 Å². The molecule has 0 aliphatic carbocycles. The lowest BCUT2D eigenvalue weighted by atomic mass is 10.3. The van der Waals surface area contributed by atoms with Crippen LogP contribution in [0, 0.1) is 0 Å². The fraction of sp³-hybridized carbons (Fsp3) is 0.444. The van der Waals surface area contributed by atoms with Gasteiger partial charge in [0.25, 0.3) is 0 Å². The SMILES string of the molecule is Brc1cncc(OC2CCOC2)c1. The van der Waals surface area contributed by atoms with Crippen molar-refractivity contribution >= 4 is 15.9 Å². The topological polar surface area (TPSA) is 31.4 Å². The Bertz CT molecular complexity index is 287. The Morgan fingerprint density at radius 1 is 1.54 bits per heavy atom. The molecule has 1 aromatic heterocycles. The molecule has 4 heteroatoms. The van der Waals surface area contributed by atoms with Gasteiger partial charge in [0.1, 0.15) is 11.9 Å². The van der Waals surface area contributed by atoms with Crippen molar-refractivity contribution in [3.63, 3.8) is 0 Å². The van der Waals surface area contributed by atoms with Crippen LogP contribution in [-0.4, -0.2) is 24.3 Å². The van der Waals surface area contributed by atoms with Gasteiger partial charge >= 0.3 is 0 Å². The van der Waals surface area contributed by atoms with Crippen molar-refractivity contribution in [1.82, 2.24) is 4.98 Å². The number of nitrogens with zero attached hydrogens (tertiary/aromatic N) is 1. The van der Waals surface area contributed by atoms with Gasteiger partial charge < -0.3 is 9.47 Å². The van der Waals surface area contributed by atoms with Gasteiger partial charge in [-0.05, 0) is 22.0 Å². The molecule has 1 fully saturated rings. The molecule has 70 valence electrons. The van der Waals surface area contributed by atoms with Crippen molar-refractivity contribution in [2.75, 3.05) is 13.2 Å². The molecule has 0 saturated carbocycles. The van der Waals surface area contributed by atoms with E-state index in [4.69, 9.17) is 9.47 Å². The second kappa shape index (κ2) is 4.07. The zero-order valence-electron chi connectivity index (χ0n) is 7.07. The summed E-state index contributed by atoms with van der Waals surface area (Å²) in [4.78, 5) is 4.01. The highest BCUT2D eigenvalue weighted by atomic mass is 79.9. The molecule has 0 radical (unpaired) electrons. The van der Waals surface area contributed by atoms with Crippen molar-refractivity contribution in [1.29, 1.82) is 0 Å². The van der Waals surface area contributed by atoms with Crippen LogP contribution in [0.25, 0.3) is 0 Å². The number of hydrogen-bond donors (Lipinski definition) is 0. The third-order valence-corrected chi connectivity index (χ3v) is 2.30. The highest BCUT2D eigenvalue weighted by Crippen LogP contribution is 2.19. The molecule has 2 rings (SSSR count). The van der Waals surface area contributed by atoms with Gasteiger partial charge in [0.05, 0.1) is 19.4 Å². The van der Waals surface area contributed by atoms with Gasteiger partial charge in [0.2, 0.25) is 0 Å². The quantitative estimate of drug-likeness (QED) is 0.797. The summed E-state index contributed by atoms with van der Waals surface area (Å²) in [5, 5.41) is 0. The lowest BCUT2D eigenvalue weighted by molar-refractivity contribution is 0.141. The van der Waals surface area contributed by atoms with Gasteiger partial charge in [-0.15, -0.1) is 0 Å². The van der Waals surface area contributed by atoms with Gasteiger partial charge in [-0.2, -0.15) is 0 Å². The molecule has 1 saturated heterocycles. The van der Waals surface area contributed by atoms with E-state index >= 15 is 0 Å². The predicted octanol–water partition coefficient (Wildman–Crippen LogP) is 2.01. The Hall–Kier alpha value is -0.610. The molecule has 1 aromatic rings. The molecule has 1 unspecified atom stereocenters. The van der Waals surface area contributed by atoms with Gasteiger partial charge in [0, 0.05) is 17.1 Å². The molecule has 1 aliphatic rings. The first-order valence-corrected chi connectivity index (χ1v) is 4.99. The summed E-state index contributed by atoms with van der Waals surface area (Å²) in [6.07, 6.45) is 4.60. The standard InChI is InChI=1S/C9H10BrNO2/c10-7-3-9(5-11-4-7)13-8-1-2-12-6-8/h3-5,8H,1-2,6H2. The fourth-order valence-corrected chi connectivity index (χ4v) is 1.60. The van der Waals surface area contributed by atoms with Gasteiger partial charge in [-0.25, -0.2) is 0 Å². The highest BCUT2D eigenvalue weighted by molar-refractivity contribution is 9.10. The third kappa shape index (κ3) is 2.42. The van der Waals surface area contributed by atoms with Crippen molar-refractivity contribution in [3.8, 4) is 5.75 Å². The largest absolute Gasteiger partial charge is 0.486 e. The first-order valence-electron chi connectivity index (χ1n) is 4.19. The Balaban J connectivity index is 2.00. The zero-order chi connectivity index (χ0) is 9.10. The summed E-state index contributed by atoms with van der Waals surface area (Å²) in [5.74, 6) is 0.796. The van der Waals surface area contributed by atoms with E-state index < -0.39 is 0 Å². The maximum absolute atomic E-state index is 5.64. The number of pyridine rings is 1. The van der Waals surface area contributed by atoms with Crippen molar-refractivity contribution in [3.05, 3.63) is 22.9 Å². The van der Waals surface area contributed by atoms with E-state index in [1.807, 2.05) is 6.07 Å². The molecule has 1 aliphatic heterocycles. The van der Waals surface area contributed by atoms with Crippen LogP contribution in [0.1, 0.15) is 6.42 Å². The van der Waals surface area contributed by atoms with E-state index in [0.717, 1.165) is 23.2 Å². The van der Waals surface area contributed by atoms with Gasteiger partial charge in [-0.3, -0.25) is 4.98 Å². The first-order chi connectivity index (χ1) is 6.34. The van der Waals surface area contributed by atoms with Gasteiger partial charge in [-0.1, -0.05) is 0 Å². The molecule has 0 spiro atoms. The highest BCUT2D eigenvalue weighted by Gasteiger charge is 2.17. The fourth-order valence-electron chi connectivity index (χ4n) is 1.26. The van der Waals surface area contributed by atoms with Crippen LogP contribution in [-0.2, 0) is 4.74 Å². The minimum atomic E-state index is 0.191. The van der Waals surface area contributed by atoms with E-state index in [-0.39, 0.29) is 6.10 Å². The number of aromatic nitrogens is 1. The normalized spacial score (nSPS) is 21.8. The lowest BCUT2D eigenvalue weighted by Gasteiger charge is -2.10. The Morgan fingerprint density at radius 3 is 3.15 bits per heavy atom. The average Bonchev–Trinajstić information content (AvgIpc) is 2.57. The number of ether oxygens (including phenoxy) is 2. The summed E-state index contributed by atoms with van der Waals surface area (Å²) < 4.78 is 11.8. The number of halogens is 1. The van der Waals surface area contributed by atoms with Crippen LogP contribution < -0.4 is 4.74 Å². The summed E-state index contributed by atoms with van der Waals surface area (Å²) in [6, 6.07) is 1.91. The maximum atomic E-state index is 5.64. The smallest absolute Gasteiger partial charge is 0.139 e. The molecule has 0 bridgehead atoms. The van der Waals surface area contributed by atoms with Gasteiger partial charge in [0.15, 0.2) is 0 Å². The third-order valence-electron chi connectivity index (χ3n) is 1.87. The van der Waals surface area contributed by atoms with E-state index in [2.05, 4.69) is 20.9 Å². The monoisotopic (exact) mass is 243 g/mol. The second-order valence-electron chi connectivity index (χ2n) is 2.94. The Labute approximate surface area is 85.2 Å². The van der Waals surface area contributed by atoms with Crippen LogP contribution in [0.5, 0.6) is 5.75 Å². The van der Waals surface area contributed by atoms with E-state index in [1.165, 1.54) is 0 Å². The van der Waals surface area contributed by atoms with Crippen molar-refractivity contribution in [2.45, 2.75) is 12.5 Å². The van der Waals surface area contributed by atoms with Crippen molar-refractivity contribution < 1.29 is 9.47 Å². The van der Waals surface area contributed by atoms with E-state index in [1.54, 1.807) is 12.4 Å². The molecular formula is C9H10BrNO2. The molecule has 0 N–H and O–H groups in total.